The Morgan fingerprint density at radius 1 is 1.35 bits per heavy atom. The maximum Gasteiger partial charge on any atom is 0.266 e. The Morgan fingerprint density at radius 2 is 2.17 bits per heavy atom. The lowest BCUT2D eigenvalue weighted by atomic mass is 10.1. The second kappa shape index (κ2) is 5.98. The van der Waals surface area contributed by atoms with E-state index in [0.717, 1.165) is 25.0 Å². The van der Waals surface area contributed by atoms with E-state index in [9.17, 15) is 4.79 Å². The summed E-state index contributed by atoms with van der Waals surface area (Å²) in [4.78, 5) is 28.6. The fourth-order valence-corrected chi connectivity index (χ4v) is 4.38. The van der Waals surface area contributed by atoms with Crippen molar-refractivity contribution in [1.82, 2.24) is 19.9 Å². The number of fused-ring (bicyclic) bond motifs is 1. The number of thiazole rings is 1. The number of hydrogen-bond acceptors (Lipinski definition) is 6. The van der Waals surface area contributed by atoms with Crippen LogP contribution in [0, 0.1) is 6.92 Å². The van der Waals surface area contributed by atoms with Crippen LogP contribution in [0.5, 0.6) is 0 Å². The monoisotopic (exact) mass is 330 g/mol. The molecule has 2 fully saturated rings. The van der Waals surface area contributed by atoms with E-state index in [1.807, 2.05) is 11.8 Å². The quantitative estimate of drug-likeness (QED) is 0.845. The molecule has 2 aromatic heterocycles. The minimum atomic E-state index is 0.0716. The van der Waals surface area contributed by atoms with Gasteiger partial charge in [0.25, 0.3) is 5.91 Å². The molecule has 4 rings (SSSR count). The lowest BCUT2D eigenvalue weighted by Crippen LogP contribution is -2.51. The molecular formula is C16H18N4O2S. The molecule has 1 saturated carbocycles. The van der Waals surface area contributed by atoms with E-state index >= 15 is 0 Å². The second-order valence-electron chi connectivity index (χ2n) is 5.91. The molecule has 0 unspecified atom stereocenters. The van der Waals surface area contributed by atoms with Crippen LogP contribution in [0.15, 0.2) is 18.5 Å². The molecule has 0 spiro atoms. The van der Waals surface area contributed by atoms with Gasteiger partial charge in [-0.1, -0.05) is 0 Å². The number of aromatic nitrogens is 3. The van der Waals surface area contributed by atoms with Gasteiger partial charge in [-0.25, -0.2) is 15.0 Å². The summed E-state index contributed by atoms with van der Waals surface area (Å²) in [6.07, 6.45) is 6.79. The standard InChI is InChI=1S/C16H18N4O2S/c1-10-13(23-15(19-10)14-17-6-3-7-18-14)16(21)20-8-9-22-12-5-2-4-11(12)20/h3,6-7,11-12H,2,4-5,8-9H2,1H3/t11-,12+/m1/s1. The van der Waals surface area contributed by atoms with Gasteiger partial charge in [0, 0.05) is 18.9 Å². The average Bonchev–Trinajstić information content (AvgIpc) is 3.21. The van der Waals surface area contributed by atoms with Crippen molar-refractivity contribution in [2.24, 2.45) is 0 Å². The lowest BCUT2D eigenvalue weighted by Gasteiger charge is -2.37. The third kappa shape index (κ3) is 2.64. The van der Waals surface area contributed by atoms with Crippen LogP contribution in [0.1, 0.15) is 34.6 Å². The van der Waals surface area contributed by atoms with Crippen LogP contribution in [-0.4, -0.2) is 51.1 Å². The van der Waals surface area contributed by atoms with Gasteiger partial charge in [-0.05, 0) is 32.3 Å². The summed E-state index contributed by atoms with van der Waals surface area (Å²) in [7, 11) is 0. The molecule has 1 aliphatic carbocycles. The highest BCUT2D eigenvalue weighted by atomic mass is 32.1. The normalized spacial score (nSPS) is 23.8. The lowest BCUT2D eigenvalue weighted by molar-refractivity contribution is -0.0444. The number of amides is 1. The zero-order valence-electron chi connectivity index (χ0n) is 12.9. The summed E-state index contributed by atoms with van der Waals surface area (Å²) in [5.74, 6) is 0.641. The fourth-order valence-electron chi connectivity index (χ4n) is 3.41. The molecule has 0 N–H and O–H groups in total. The van der Waals surface area contributed by atoms with Gasteiger partial charge in [0.15, 0.2) is 10.8 Å². The number of ether oxygens (including phenoxy) is 1. The topological polar surface area (TPSA) is 68.2 Å². The van der Waals surface area contributed by atoms with Crippen molar-refractivity contribution < 1.29 is 9.53 Å². The number of rotatable bonds is 2. The van der Waals surface area contributed by atoms with E-state index in [0.29, 0.717) is 28.9 Å². The summed E-state index contributed by atoms with van der Waals surface area (Å²) in [5.41, 5.74) is 0.753. The predicted molar refractivity (Wildman–Crippen MR) is 86.3 cm³/mol. The third-order valence-corrected chi connectivity index (χ3v) is 5.63. The molecule has 120 valence electrons. The Labute approximate surface area is 138 Å². The van der Waals surface area contributed by atoms with Crippen molar-refractivity contribution in [3.63, 3.8) is 0 Å². The van der Waals surface area contributed by atoms with E-state index in [1.165, 1.54) is 11.3 Å². The minimum absolute atomic E-state index is 0.0716. The van der Waals surface area contributed by atoms with Crippen molar-refractivity contribution in [3.05, 3.63) is 29.0 Å². The maximum atomic E-state index is 13.0. The van der Waals surface area contributed by atoms with Gasteiger partial charge in [0.1, 0.15) is 4.88 Å². The zero-order valence-corrected chi connectivity index (χ0v) is 13.8. The van der Waals surface area contributed by atoms with Crippen molar-refractivity contribution in [3.8, 4) is 10.8 Å². The Morgan fingerprint density at radius 3 is 3.00 bits per heavy atom. The molecule has 0 radical (unpaired) electrons. The van der Waals surface area contributed by atoms with Gasteiger partial charge in [-0.2, -0.15) is 0 Å². The Balaban J connectivity index is 1.62. The van der Waals surface area contributed by atoms with Crippen molar-refractivity contribution in [2.45, 2.75) is 38.3 Å². The molecule has 1 amide bonds. The first-order valence-corrected chi connectivity index (χ1v) is 8.73. The SMILES string of the molecule is Cc1nc(-c2ncccn2)sc1C(=O)N1CCO[C@H]2CCC[C@H]21. The smallest absolute Gasteiger partial charge is 0.266 e. The summed E-state index contributed by atoms with van der Waals surface area (Å²) >= 11 is 1.38. The van der Waals surface area contributed by atoms with Gasteiger partial charge in [-0.15, -0.1) is 11.3 Å². The third-order valence-electron chi connectivity index (χ3n) is 4.49. The Bertz CT molecular complexity index is 718. The molecule has 2 atom stereocenters. The number of hydrogen-bond donors (Lipinski definition) is 0. The van der Waals surface area contributed by atoms with Crippen molar-refractivity contribution in [1.29, 1.82) is 0 Å². The van der Waals surface area contributed by atoms with Crippen LogP contribution in [0.4, 0.5) is 0 Å². The van der Waals surface area contributed by atoms with E-state index < -0.39 is 0 Å². The van der Waals surface area contributed by atoms with E-state index in [2.05, 4.69) is 15.0 Å². The molecule has 2 aliphatic rings. The van der Waals surface area contributed by atoms with E-state index in [4.69, 9.17) is 4.74 Å². The first-order chi connectivity index (χ1) is 11.2. The van der Waals surface area contributed by atoms with Crippen LogP contribution in [0.25, 0.3) is 10.8 Å². The number of nitrogens with zero attached hydrogens (tertiary/aromatic N) is 4. The summed E-state index contributed by atoms with van der Waals surface area (Å²) in [6.45, 7) is 3.16. The van der Waals surface area contributed by atoms with Crippen LogP contribution < -0.4 is 0 Å². The molecule has 0 bridgehead atoms. The first kappa shape index (κ1) is 14.7. The molecule has 23 heavy (non-hydrogen) atoms. The fraction of sp³-hybridized carbons (Fsp3) is 0.500. The van der Waals surface area contributed by atoms with Crippen LogP contribution in [-0.2, 0) is 4.74 Å². The molecule has 2 aromatic rings. The van der Waals surface area contributed by atoms with Gasteiger partial charge < -0.3 is 9.64 Å². The van der Waals surface area contributed by atoms with Crippen molar-refractivity contribution >= 4 is 17.2 Å². The molecular weight excluding hydrogens is 312 g/mol. The average molecular weight is 330 g/mol. The predicted octanol–water partition coefficient (Wildman–Crippen LogP) is 2.30. The molecule has 1 saturated heterocycles. The van der Waals surface area contributed by atoms with Gasteiger partial charge in [0.05, 0.1) is 24.4 Å². The number of carbonyl (C=O) groups excluding carboxylic acids is 1. The largest absolute Gasteiger partial charge is 0.374 e. The second-order valence-corrected chi connectivity index (χ2v) is 6.91. The van der Waals surface area contributed by atoms with Crippen LogP contribution >= 0.6 is 11.3 Å². The highest BCUT2D eigenvalue weighted by molar-refractivity contribution is 7.17. The Hall–Kier alpha value is -1.86. The molecule has 3 heterocycles. The molecule has 0 aromatic carbocycles. The highest BCUT2D eigenvalue weighted by Crippen LogP contribution is 2.33. The van der Waals surface area contributed by atoms with Gasteiger partial charge in [0.2, 0.25) is 0 Å². The first-order valence-electron chi connectivity index (χ1n) is 7.91. The Kier molecular flexibility index (Phi) is 3.82. The summed E-state index contributed by atoms with van der Waals surface area (Å²) in [5, 5.41) is 0.697. The number of aryl methyl sites for hydroxylation is 1. The molecule has 1 aliphatic heterocycles. The van der Waals surface area contributed by atoms with E-state index in [1.54, 1.807) is 18.5 Å². The zero-order chi connectivity index (χ0) is 15.8. The van der Waals surface area contributed by atoms with Gasteiger partial charge >= 0.3 is 0 Å². The molecule has 6 nitrogen and oxygen atoms in total. The number of morpholine rings is 1. The number of carbonyl (C=O) groups is 1. The van der Waals surface area contributed by atoms with Gasteiger partial charge in [-0.3, -0.25) is 4.79 Å². The summed E-state index contributed by atoms with van der Waals surface area (Å²) < 4.78 is 5.80. The highest BCUT2D eigenvalue weighted by Gasteiger charge is 2.39. The van der Waals surface area contributed by atoms with Crippen LogP contribution in [0.3, 0.4) is 0 Å². The molecule has 7 heteroatoms. The minimum Gasteiger partial charge on any atom is -0.374 e. The summed E-state index contributed by atoms with van der Waals surface area (Å²) in [6, 6.07) is 1.98. The van der Waals surface area contributed by atoms with Crippen molar-refractivity contribution in [2.75, 3.05) is 13.2 Å². The van der Waals surface area contributed by atoms with Crippen LogP contribution in [0.2, 0.25) is 0 Å². The van der Waals surface area contributed by atoms with E-state index in [-0.39, 0.29) is 18.1 Å². The maximum absolute atomic E-state index is 13.0.